The summed E-state index contributed by atoms with van der Waals surface area (Å²) < 4.78 is 2.44. The predicted octanol–water partition coefficient (Wildman–Crippen LogP) is 2.81. The minimum atomic E-state index is -0.0529. The van der Waals surface area contributed by atoms with E-state index in [0.29, 0.717) is 11.3 Å². The normalized spacial score (nSPS) is 10.2. The summed E-state index contributed by atoms with van der Waals surface area (Å²) in [6.07, 6.45) is 2.59. The molecule has 0 radical (unpaired) electrons. The molecule has 0 aliphatic carbocycles. The Hall–Kier alpha value is -0.900. The van der Waals surface area contributed by atoms with Gasteiger partial charge in [0.25, 0.3) is 0 Å². The van der Waals surface area contributed by atoms with E-state index in [2.05, 4.69) is 27.6 Å². The topological polar surface area (TPSA) is 34.9 Å². The predicted molar refractivity (Wildman–Crippen MR) is 59.4 cm³/mol. The first-order valence-electron chi connectivity index (χ1n) is 4.49. The van der Waals surface area contributed by atoms with Gasteiger partial charge in [0.05, 0.1) is 10.7 Å². The molecule has 76 valence electrons. The summed E-state index contributed by atoms with van der Waals surface area (Å²) in [6, 6.07) is 0. The van der Waals surface area contributed by atoms with Crippen LogP contribution in [0.3, 0.4) is 0 Å². The summed E-state index contributed by atoms with van der Waals surface area (Å²) in [5.41, 5.74) is 1.13. The molecule has 0 unspecified atom stereocenters. The lowest BCUT2D eigenvalue weighted by Gasteiger charge is -2.05. The van der Waals surface area contributed by atoms with Crippen LogP contribution in [-0.2, 0) is 6.54 Å². The molecule has 0 aliphatic heterocycles. The molecule has 0 aliphatic rings. The first-order chi connectivity index (χ1) is 6.57. The molecule has 1 rings (SSSR count). The fourth-order valence-electron chi connectivity index (χ4n) is 1.17. The molecule has 0 saturated carbocycles. The SMILES string of the molecule is C=C(C)C(=O)c1c(Br)cnn1CCC. The number of ketones is 1. The van der Waals surface area contributed by atoms with Crippen LogP contribution in [0.2, 0.25) is 0 Å². The lowest BCUT2D eigenvalue weighted by Crippen LogP contribution is -2.11. The summed E-state index contributed by atoms with van der Waals surface area (Å²) in [5.74, 6) is -0.0529. The van der Waals surface area contributed by atoms with Gasteiger partial charge in [-0.2, -0.15) is 5.10 Å². The lowest BCUT2D eigenvalue weighted by molar-refractivity contribution is 0.102. The van der Waals surface area contributed by atoms with Crippen molar-refractivity contribution in [3.05, 3.63) is 28.5 Å². The van der Waals surface area contributed by atoms with E-state index in [4.69, 9.17) is 0 Å². The van der Waals surface area contributed by atoms with Gasteiger partial charge in [-0.15, -0.1) is 0 Å². The third-order valence-corrected chi connectivity index (χ3v) is 2.41. The molecular weight excluding hydrogens is 244 g/mol. The second-order valence-electron chi connectivity index (χ2n) is 3.17. The maximum atomic E-state index is 11.7. The maximum absolute atomic E-state index is 11.7. The van der Waals surface area contributed by atoms with E-state index in [1.54, 1.807) is 17.8 Å². The number of allylic oxidation sites excluding steroid dienone is 1. The van der Waals surface area contributed by atoms with Crippen molar-refractivity contribution >= 4 is 21.7 Å². The first-order valence-corrected chi connectivity index (χ1v) is 5.28. The van der Waals surface area contributed by atoms with Crippen molar-refractivity contribution in [1.29, 1.82) is 0 Å². The van der Waals surface area contributed by atoms with E-state index in [-0.39, 0.29) is 5.78 Å². The number of Topliss-reactive ketones (excluding diaryl/α,β-unsaturated/α-hetero) is 1. The Kier molecular flexibility index (Phi) is 3.63. The largest absolute Gasteiger partial charge is 0.287 e. The van der Waals surface area contributed by atoms with Gasteiger partial charge in [-0.25, -0.2) is 0 Å². The molecule has 0 fully saturated rings. The summed E-state index contributed by atoms with van der Waals surface area (Å²) in [5, 5.41) is 4.12. The molecule has 1 heterocycles. The maximum Gasteiger partial charge on any atom is 0.207 e. The van der Waals surface area contributed by atoms with Crippen molar-refractivity contribution in [3.63, 3.8) is 0 Å². The average Bonchev–Trinajstić information content (AvgIpc) is 2.47. The average molecular weight is 257 g/mol. The Bertz CT molecular complexity index is 368. The number of rotatable bonds is 4. The molecule has 0 spiro atoms. The van der Waals surface area contributed by atoms with Crippen molar-refractivity contribution in [2.24, 2.45) is 0 Å². The highest BCUT2D eigenvalue weighted by Gasteiger charge is 2.16. The zero-order valence-electron chi connectivity index (χ0n) is 8.38. The zero-order valence-corrected chi connectivity index (χ0v) is 9.97. The van der Waals surface area contributed by atoms with E-state index in [1.807, 2.05) is 6.92 Å². The number of hydrogen-bond acceptors (Lipinski definition) is 2. The van der Waals surface area contributed by atoms with E-state index in [0.717, 1.165) is 17.4 Å². The molecule has 4 heteroatoms. The highest BCUT2D eigenvalue weighted by Crippen LogP contribution is 2.19. The summed E-state index contributed by atoms with van der Waals surface area (Å²) in [7, 11) is 0. The fourth-order valence-corrected chi connectivity index (χ4v) is 1.65. The van der Waals surface area contributed by atoms with Crippen molar-refractivity contribution < 1.29 is 4.79 Å². The number of nitrogens with zero attached hydrogens (tertiary/aromatic N) is 2. The van der Waals surface area contributed by atoms with Gasteiger partial charge in [0.1, 0.15) is 5.69 Å². The zero-order chi connectivity index (χ0) is 10.7. The van der Waals surface area contributed by atoms with Crippen LogP contribution in [0.15, 0.2) is 22.8 Å². The van der Waals surface area contributed by atoms with E-state index >= 15 is 0 Å². The van der Waals surface area contributed by atoms with Gasteiger partial charge in [0.15, 0.2) is 0 Å². The van der Waals surface area contributed by atoms with Crippen molar-refractivity contribution in [2.75, 3.05) is 0 Å². The van der Waals surface area contributed by atoms with Gasteiger partial charge >= 0.3 is 0 Å². The molecule has 1 aromatic rings. The van der Waals surface area contributed by atoms with Crippen LogP contribution < -0.4 is 0 Å². The Morgan fingerprint density at radius 2 is 2.36 bits per heavy atom. The van der Waals surface area contributed by atoms with Gasteiger partial charge in [-0.1, -0.05) is 13.5 Å². The van der Waals surface area contributed by atoms with Crippen LogP contribution in [0.25, 0.3) is 0 Å². The summed E-state index contributed by atoms with van der Waals surface area (Å²) in [4.78, 5) is 11.7. The molecular formula is C10H13BrN2O. The summed E-state index contributed by atoms with van der Waals surface area (Å²) >= 11 is 3.31. The third kappa shape index (κ3) is 2.12. The number of carbonyl (C=O) groups is 1. The minimum absolute atomic E-state index is 0.0529. The molecule has 0 aromatic carbocycles. The lowest BCUT2D eigenvalue weighted by atomic mass is 10.1. The van der Waals surface area contributed by atoms with Crippen molar-refractivity contribution in [1.82, 2.24) is 9.78 Å². The van der Waals surface area contributed by atoms with Gasteiger partial charge in [0, 0.05) is 6.54 Å². The molecule has 3 nitrogen and oxygen atoms in total. The quantitative estimate of drug-likeness (QED) is 0.614. The van der Waals surface area contributed by atoms with E-state index < -0.39 is 0 Å². The van der Waals surface area contributed by atoms with Crippen LogP contribution in [0.5, 0.6) is 0 Å². The van der Waals surface area contributed by atoms with Gasteiger partial charge < -0.3 is 0 Å². The second-order valence-corrected chi connectivity index (χ2v) is 4.03. The monoisotopic (exact) mass is 256 g/mol. The molecule has 14 heavy (non-hydrogen) atoms. The van der Waals surface area contributed by atoms with Gasteiger partial charge in [0.2, 0.25) is 5.78 Å². The van der Waals surface area contributed by atoms with E-state index in [1.165, 1.54) is 0 Å². The van der Waals surface area contributed by atoms with Crippen molar-refractivity contribution in [3.8, 4) is 0 Å². The van der Waals surface area contributed by atoms with Crippen LogP contribution in [0, 0.1) is 0 Å². The highest BCUT2D eigenvalue weighted by atomic mass is 79.9. The molecule has 0 N–H and O–H groups in total. The molecule has 0 amide bonds. The number of hydrogen-bond donors (Lipinski definition) is 0. The van der Waals surface area contributed by atoms with Gasteiger partial charge in [-0.3, -0.25) is 9.48 Å². The smallest absolute Gasteiger partial charge is 0.207 e. The summed E-state index contributed by atoms with van der Waals surface area (Å²) in [6.45, 7) is 8.14. The number of aryl methyl sites for hydroxylation is 1. The second kappa shape index (κ2) is 4.55. The Labute approximate surface area is 91.9 Å². The Morgan fingerprint density at radius 1 is 1.71 bits per heavy atom. The van der Waals surface area contributed by atoms with Crippen LogP contribution in [0.1, 0.15) is 30.8 Å². The molecule has 0 atom stereocenters. The van der Waals surface area contributed by atoms with Gasteiger partial charge in [-0.05, 0) is 34.8 Å². The van der Waals surface area contributed by atoms with Crippen LogP contribution >= 0.6 is 15.9 Å². The third-order valence-electron chi connectivity index (χ3n) is 1.83. The minimum Gasteiger partial charge on any atom is -0.287 e. The van der Waals surface area contributed by atoms with E-state index in [9.17, 15) is 4.79 Å². The fraction of sp³-hybridized carbons (Fsp3) is 0.400. The highest BCUT2D eigenvalue weighted by molar-refractivity contribution is 9.10. The Balaban J connectivity index is 3.10. The standard InChI is InChI=1S/C10H13BrN2O/c1-4-5-13-9(8(11)6-12-13)10(14)7(2)3/h6H,2,4-5H2,1,3H3. The number of aromatic nitrogens is 2. The van der Waals surface area contributed by atoms with Crippen LogP contribution in [-0.4, -0.2) is 15.6 Å². The van der Waals surface area contributed by atoms with Crippen LogP contribution in [0.4, 0.5) is 0 Å². The first kappa shape index (κ1) is 11.2. The Morgan fingerprint density at radius 3 is 2.86 bits per heavy atom. The molecule has 0 bridgehead atoms. The molecule has 0 saturated heterocycles. The number of halogens is 1. The molecule has 1 aromatic heterocycles. The van der Waals surface area contributed by atoms with Crippen molar-refractivity contribution in [2.45, 2.75) is 26.8 Å². The number of carbonyl (C=O) groups excluding carboxylic acids is 1.